The number of hydrogen-bond acceptors (Lipinski definition) is 4. The summed E-state index contributed by atoms with van der Waals surface area (Å²) in [5.41, 5.74) is 1.48. The van der Waals surface area contributed by atoms with Gasteiger partial charge in [-0.25, -0.2) is 0 Å². The molecule has 1 aliphatic carbocycles. The predicted octanol–water partition coefficient (Wildman–Crippen LogP) is 2.64. The van der Waals surface area contributed by atoms with Crippen LogP contribution in [0.4, 0.5) is 0 Å². The summed E-state index contributed by atoms with van der Waals surface area (Å²) in [5.74, 6) is 1.35. The number of aliphatic hydroxyl groups is 1. The van der Waals surface area contributed by atoms with Crippen molar-refractivity contribution in [1.82, 2.24) is 5.32 Å². The zero-order chi connectivity index (χ0) is 15.7. The summed E-state index contributed by atoms with van der Waals surface area (Å²) in [6, 6.07) is 5.52. The molecule has 5 nitrogen and oxygen atoms in total. The molecule has 3 rings (SSSR count). The lowest BCUT2D eigenvalue weighted by molar-refractivity contribution is 0.0897. The monoisotopic (exact) mass is 303 g/mol. The zero-order valence-corrected chi connectivity index (χ0v) is 12.9. The van der Waals surface area contributed by atoms with Crippen molar-refractivity contribution in [3.8, 4) is 5.75 Å². The van der Waals surface area contributed by atoms with E-state index in [-0.39, 0.29) is 18.6 Å². The molecule has 0 radical (unpaired) electrons. The molecule has 118 valence electrons. The van der Waals surface area contributed by atoms with Crippen LogP contribution in [-0.2, 0) is 0 Å². The van der Waals surface area contributed by atoms with Gasteiger partial charge in [-0.2, -0.15) is 0 Å². The van der Waals surface area contributed by atoms with Crippen LogP contribution < -0.4 is 10.1 Å². The molecular weight excluding hydrogens is 282 g/mol. The van der Waals surface area contributed by atoms with E-state index in [1.165, 1.54) is 0 Å². The Balaban J connectivity index is 1.85. The number of furan rings is 1. The van der Waals surface area contributed by atoms with E-state index < -0.39 is 0 Å². The fraction of sp³-hybridized carbons (Fsp3) is 0.471. The number of fused-ring (bicyclic) bond motifs is 1. The molecule has 1 heterocycles. The Morgan fingerprint density at radius 1 is 1.50 bits per heavy atom. The number of amides is 1. The van der Waals surface area contributed by atoms with E-state index in [2.05, 4.69) is 5.32 Å². The maximum absolute atomic E-state index is 12.5. The summed E-state index contributed by atoms with van der Waals surface area (Å²) >= 11 is 0. The van der Waals surface area contributed by atoms with Crippen LogP contribution in [0.5, 0.6) is 5.75 Å². The third-order valence-electron chi connectivity index (χ3n) is 4.30. The first-order valence-electron chi connectivity index (χ1n) is 7.63. The average molecular weight is 303 g/mol. The van der Waals surface area contributed by atoms with Crippen LogP contribution in [0.3, 0.4) is 0 Å². The van der Waals surface area contributed by atoms with E-state index >= 15 is 0 Å². The Morgan fingerprint density at radius 2 is 2.27 bits per heavy atom. The number of carbonyl (C=O) groups excluding carboxylic acids is 1. The van der Waals surface area contributed by atoms with Crippen LogP contribution in [-0.4, -0.2) is 30.8 Å². The maximum atomic E-state index is 12.5. The molecule has 22 heavy (non-hydrogen) atoms. The summed E-state index contributed by atoms with van der Waals surface area (Å²) < 4.78 is 10.9. The SMILES string of the molecule is COc1ccc2oc(C(=O)NC(CCO)C3CC3)c(C)c2c1. The van der Waals surface area contributed by atoms with Crippen molar-refractivity contribution in [2.45, 2.75) is 32.2 Å². The van der Waals surface area contributed by atoms with Gasteiger partial charge in [0, 0.05) is 23.6 Å². The van der Waals surface area contributed by atoms with Gasteiger partial charge in [-0.1, -0.05) is 0 Å². The van der Waals surface area contributed by atoms with Gasteiger partial charge in [0.2, 0.25) is 0 Å². The number of nitrogens with one attached hydrogen (secondary N) is 1. The van der Waals surface area contributed by atoms with Crippen LogP contribution in [0.1, 0.15) is 35.4 Å². The smallest absolute Gasteiger partial charge is 0.287 e. The minimum Gasteiger partial charge on any atom is -0.497 e. The molecule has 1 saturated carbocycles. The number of carbonyl (C=O) groups is 1. The topological polar surface area (TPSA) is 71.7 Å². The molecule has 1 aliphatic rings. The lowest BCUT2D eigenvalue weighted by Gasteiger charge is -2.16. The van der Waals surface area contributed by atoms with E-state index in [4.69, 9.17) is 14.3 Å². The van der Waals surface area contributed by atoms with Crippen LogP contribution in [0.2, 0.25) is 0 Å². The van der Waals surface area contributed by atoms with Gasteiger partial charge in [0.25, 0.3) is 5.91 Å². The Labute approximate surface area is 129 Å². The molecular formula is C17H21NO4. The van der Waals surface area contributed by atoms with E-state index in [0.29, 0.717) is 23.7 Å². The highest BCUT2D eigenvalue weighted by molar-refractivity contribution is 5.99. The largest absolute Gasteiger partial charge is 0.497 e. The van der Waals surface area contributed by atoms with Crippen molar-refractivity contribution in [1.29, 1.82) is 0 Å². The van der Waals surface area contributed by atoms with Crippen LogP contribution in [0.25, 0.3) is 11.0 Å². The van der Waals surface area contributed by atoms with Gasteiger partial charge >= 0.3 is 0 Å². The molecule has 0 spiro atoms. The molecule has 2 aromatic rings. The summed E-state index contributed by atoms with van der Waals surface area (Å²) in [6.07, 6.45) is 2.81. The third kappa shape index (κ3) is 2.81. The van der Waals surface area contributed by atoms with Gasteiger partial charge in [0.1, 0.15) is 11.3 Å². The summed E-state index contributed by atoms with van der Waals surface area (Å²) in [6.45, 7) is 1.95. The number of ether oxygens (including phenoxy) is 1. The number of aliphatic hydroxyl groups excluding tert-OH is 1. The Bertz CT molecular complexity index is 687. The van der Waals surface area contributed by atoms with Gasteiger partial charge in [0.05, 0.1) is 7.11 Å². The first kappa shape index (κ1) is 14.9. The van der Waals surface area contributed by atoms with Crippen molar-refractivity contribution in [3.05, 3.63) is 29.5 Å². The summed E-state index contributed by atoms with van der Waals surface area (Å²) in [7, 11) is 1.61. The minimum absolute atomic E-state index is 0.0275. The average Bonchev–Trinajstić information content (AvgIpc) is 3.31. The molecule has 2 N–H and O–H groups in total. The Morgan fingerprint density at radius 3 is 2.91 bits per heavy atom. The van der Waals surface area contributed by atoms with Crippen molar-refractivity contribution in [2.24, 2.45) is 5.92 Å². The third-order valence-corrected chi connectivity index (χ3v) is 4.30. The van der Waals surface area contributed by atoms with E-state index in [1.807, 2.05) is 25.1 Å². The summed E-state index contributed by atoms with van der Waals surface area (Å²) in [4.78, 5) is 12.5. The molecule has 1 unspecified atom stereocenters. The molecule has 0 aliphatic heterocycles. The molecule has 1 aromatic heterocycles. The first-order valence-corrected chi connectivity index (χ1v) is 7.63. The highest BCUT2D eigenvalue weighted by Crippen LogP contribution is 2.34. The Kier molecular flexibility index (Phi) is 4.07. The quantitative estimate of drug-likeness (QED) is 0.860. The minimum atomic E-state index is -0.210. The molecule has 1 amide bonds. The molecule has 0 bridgehead atoms. The van der Waals surface area contributed by atoms with Crippen LogP contribution >= 0.6 is 0 Å². The van der Waals surface area contributed by atoms with Crippen molar-refractivity contribution >= 4 is 16.9 Å². The number of benzene rings is 1. The predicted molar refractivity (Wildman–Crippen MR) is 83.2 cm³/mol. The highest BCUT2D eigenvalue weighted by Gasteiger charge is 2.33. The Hall–Kier alpha value is -2.01. The van der Waals surface area contributed by atoms with Gasteiger partial charge in [-0.05, 0) is 50.3 Å². The van der Waals surface area contributed by atoms with Crippen molar-refractivity contribution in [2.75, 3.05) is 13.7 Å². The first-order chi connectivity index (χ1) is 10.6. The van der Waals surface area contributed by atoms with Gasteiger partial charge in [-0.15, -0.1) is 0 Å². The molecule has 0 saturated heterocycles. The second-order valence-electron chi connectivity index (χ2n) is 5.85. The van der Waals surface area contributed by atoms with E-state index in [9.17, 15) is 4.79 Å². The van der Waals surface area contributed by atoms with Crippen LogP contribution in [0.15, 0.2) is 22.6 Å². The number of aryl methyl sites for hydroxylation is 1. The van der Waals surface area contributed by atoms with E-state index in [1.54, 1.807) is 7.11 Å². The lowest BCUT2D eigenvalue weighted by atomic mass is 10.1. The number of hydrogen-bond donors (Lipinski definition) is 2. The van der Waals surface area contributed by atoms with E-state index in [0.717, 1.165) is 29.5 Å². The number of methoxy groups -OCH3 is 1. The second kappa shape index (κ2) is 6.01. The van der Waals surface area contributed by atoms with Gasteiger partial charge < -0.3 is 19.6 Å². The fourth-order valence-corrected chi connectivity index (χ4v) is 2.84. The molecule has 5 heteroatoms. The normalized spacial score (nSPS) is 15.8. The second-order valence-corrected chi connectivity index (χ2v) is 5.85. The number of rotatable bonds is 6. The summed E-state index contributed by atoms with van der Waals surface area (Å²) in [5, 5.41) is 13.0. The molecule has 1 aromatic carbocycles. The lowest BCUT2D eigenvalue weighted by Crippen LogP contribution is -2.37. The highest BCUT2D eigenvalue weighted by atomic mass is 16.5. The maximum Gasteiger partial charge on any atom is 0.287 e. The molecule has 1 atom stereocenters. The van der Waals surface area contributed by atoms with Gasteiger partial charge in [0.15, 0.2) is 5.76 Å². The molecule has 1 fully saturated rings. The van der Waals surface area contributed by atoms with Crippen molar-refractivity contribution in [3.63, 3.8) is 0 Å². The zero-order valence-electron chi connectivity index (χ0n) is 12.9. The van der Waals surface area contributed by atoms with Gasteiger partial charge in [-0.3, -0.25) is 4.79 Å². The van der Waals surface area contributed by atoms with Crippen LogP contribution in [0, 0.1) is 12.8 Å². The fourth-order valence-electron chi connectivity index (χ4n) is 2.84. The standard InChI is InChI=1S/C17H21NO4/c1-10-13-9-12(21-2)5-6-15(13)22-16(10)17(20)18-14(7-8-19)11-3-4-11/h5-6,9,11,14,19H,3-4,7-8H2,1-2H3,(H,18,20). The van der Waals surface area contributed by atoms with Crippen molar-refractivity contribution < 1.29 is 19.1 Å².